The van der Waals surface area contributed by atoms with Crippen molar-refractivity contribution in [2.75, 3.05) is 13.6 Å². The van der Waals surface area contributed by atoms with E-state index in [1.165, 1.54) is 18.2 Å². The van der Waals surface area contributed by atoms with E-state index in [1.54, 1.807) is 6.07 Å². The summed E-state index contributed by atoms with van der Waals surface area (Å²) in [7, 11) is -1.95. The SMILES string of the molecule is [2H]C([2H])([2H])N1C(=O)c2cccc(OC(F)F)c2[C@H]2C[C@@H]1c1nc3ccc(C#CCO[Si](C)(C)C(C)(C)C)cc3n12. The zero-order chi connectivity index (χ0) is 29.2. The molecule has 0 saturated carbocycles. The van der Waals surface area contributed by atoms with Crippen molar-refractivity contribution in [2.45, 2.75) is 64.0 Å². The molecule has 0 unspecified atom stereocenters. The van der Waals surface area contributed by atoms with Gasteiger partial charge < -0.3 is 18.6 Å². The van der Waals surface area contributed by atoms with Crippen LogP contribution in [0.3, 0.4) is 0 Å². The van der Waals surface area contributed by atoms with E-state index < -0.39 is 39.9 Å². The van der Waals surface area contributed by atoms with E-state index in [0.717, 1.165) is 4.90 Å². The molecule has 1 aromatic heterocycles. The number of carbonyl (C=O) groups excluding carboxylic acids is 1. The Bertz CT molecular complexity index is 1550. The van der Waals surface area contributed by atoms with Crippen LogP contribution < -0.4 is 4.74 Å². The monoisotopic (exact) mass is 526 g/mol. The van der Waals surface area contributed by atoms with E-state index in [9.17, 15) is 13.6 Å². The lowest BCUT2D eigenvalue weighted by atomic mass is 9.97. The van der Waals surface area contributed by atoms with Crippen LogP contribution in [0.15, 0.2) is 36.4 Å². The quantitative estimate of drug-likeness (QED) is 0.303. The summed E-state index contributed by atoms with van der Waals surface area (Å²) in [6.45, 7) is 5.21. The number of rotatable bonds is 4. The van der Waals surface area contributed by atoms with Gasteiger partial charge in [0.2, 0.25) is 0 Å². The van der Waals surface area contributed by atoms with Gasteiger partial charge in [0.1, 0.15) is 11.6 Å². The van der Waals surface area contributed by atoms with Gasteiger partial charge >= 0.3 is 6.61 Å². The van der Waals surface area contributed by atoms with Gasteiger partial charge in [-0.05, 0) is 48.5 Å². The van der Waals surface area contributed by atoms with E-state index in [-0.39, 0.29) is 28.3 Å². The van der Waals surface area contributed by atoms with E-state index in [4.69, 9.17) is 18.3 Å². The fourth-order valence-electron chi connectivity index (χ4n) is 4.76. The summed E-state index contributed by atoms with van der Waals surface area (Å²) in [5, 5.41) is 0.0649. The van der Waals surface area contributed by atoms with Crippen molar-refractivity contribution >= 4 is 25.3 Å². The maximum Gasteiger partial charge on any atom is 0.387 e. The largest absolute Gasteiger partial charge is 0.434 e. The molecule has 2 aliphatic heterocycles. The van der Waals surface area contributed by atoms with Crippen molar-refractivity contribution < 1.29 is 26.9 Å². The van der Waals surface area contributed by atoms with Gasteiger partial charge in [0.05, 0.1) is 29.7 Å². The third kappa shape index (κ3) is 4.32. The van der Waals surface area contributed by atoms with Gasteiger partial charge in [-0.2, -0.15) is 8.78 Å². The van der Waals surface area contributed by atoms with Crippen molar-refractivity contribution in [1.29, 1.82) is 0 Å². The maximum absolute atomic E-state index is 13.5. The Morgan fingerprint density at radius 3 is 2.73 bits per heavy atom. The summed E-state index contributed by atoms with van der Waals surface area (Å²) < 4.78 is 63.9. The first-order chi connectivity index (χ1) is 18.6. The minimum Gasteiger partial charge on any atom is -0.434 e. The highest BCUT2D eigenvalue weighted by molar-refractivity contribution is 6.74. The minimum atomic E-state index is -3.12. The third-order valence-electron chi connectivity index (χ3n) is 7.69. The molecule has 2 atom stereocenters. The van der Waals surface area contributed by atoms with E-state index in [2.05, 4.69) is 45.7 Å². The number of nitrogens with zero attached hydrogens (tertiary/aromatic N) is 3. The zero-order valence-electron chi connectivity index (χ0n) is 24.4. The number of fused-ring (bicyclic) bond motifs is 9. The fourth-order valence-corrected chi connectivity index (χ4v) is 5.62. The number of ether oxygens (including phenoxy) is 1. The Labute approximate surface area is 220 Å². The van der Waals surface area contributed by atoms with Crippen molar-refractivity contribution in [3.63, 3.8) is 0 Å². The number of imidazole rings is 1. The van der Waals surface area contributed by atoms with Crippen LogP contribution in [0.1, 0.15) is 70.7 Å². The van der Waals surface area contributed by atoms with E-state index in [0.29, 0.717) is 29.0 Å². The lowest BCUT2D eigenvalue weighted by Crippen LogP contribution is -2.40. The molecule has 3 heterocycles. The van der Waals surface area contributed by atoms with Gasteiger partial charge in [-0.25, -0.2) is 4.98 Å². The number of alkyl halides is 2. The van der Waals surface area contributed by atoms with Crippen LogP contribution in [-0.4, -0.2) is 48.9 Å². The van der Waals surface area contributed by atoms with Gasteiger partial charge in [0.25, 0.3) is 5.91 Å². The molecule has 6 nitrogen and oxygen atoms in total. The Morgan fingerprint density at radius 1 is 1.24 bits per heavy atom. The first-order valence-electron chi connectivity index (χ1n) is 13.7. The molecule has 194 valence electrons. The van der Waals surface area contributed by atoms with Gasteiger partial charge in [0, 0.05) is 34.2 Å². The molecule has 0 radical (unpaired) electrons. The Balaban J connectivity index is 1.61. The molecule has 0 fully saturated rings. The Kier molecular flexibility index (Phi) is 5.28. The second kappa shape index (κ2) is 8.96. The van der Waals surface area contributed by atoms with Gasteiger partial charge in [-0.3, -0.25) is 4.79 Å². The molecular formula is C28H31F2N3O3Si. The molecule has 9 heteroatoms. The molecule has 37 heavy (non-hydrogen) atoms. The van der Waals surface area contributed by atoms with Crippen LogP contribution in [0.25, 0.3) is 11.0 Å². The first kappa shape index (κ1) is 21.8. The predicted octanol–water partition coefficient (Wildman–Crippen LogP) is 6.13. The fraction of sp³-hybridized carbons (Fsp3) is 0.429. The number of amides is 1. The summed E-state index contributed by atoms with van der Waals surface area (Å²) in [5.41, 5.74) is 2.20. The summed E-state index contributed by atoms with van der Waals surface area (Å²) in [5.74, 6) is 5.68. The number of aromatic nitrogens is 2. The summed E-state index contributed by atoms with van der Waals surface area (Å²) in [6.07, 6.45) is 0.162. The van der Waals surface area contributed by atoms with E-state index in [1.807, 2.05) is 16.7 Å². The standard InChI is InChI=1S/C28H31F2N3O3Si/c1-28(2,3)37(5,6)35-14-8-9-17-12-13-19-20(15-17)33-21-16-22(25(33)31-19)32(4)26(34)18-10-7-11-23(24(18)21)36-27(29)30/h7,10-13,15,21-22,27H,14,16H2,1-6H3/t21-,22-/m1/s1/i4D3. The van der Waals surface area contributed by atoms with Crippen molar-refractivity contribution in [2.24, 2.45) is 0 Å². The van der Waals surface area contributed by atoms with Crippen molar-refractivity contribution in [3.8, 4) is 17.6 Å². The van der Waals surface area contributed by atoms with Crippen LogP contribution in [-0.2, 0) is 4.43 Å². The Morgan fingerprint density at radius 2 is 2.03 bits per heavy atom. The molecule has 5 rings (SSSR count). The molecule has 2 bridgehead atoms. The highest BCUT2D eigenvalue weighted by Crippen LogP contribution is 2.50. The molecule has 2 aliphatic rings. The van der Waals surface area contributed by atoms with Crippen LogP contribution in [0.2, 0.25) is 18.1 Å². The molecule has 2 aromatic carbocycles. The average Bonchev–Trinajstić information content (AvgIpc) is 3.33. The van der Waals surface area contributed by atoms with Crippen LogP contribution >= 0.6 is 0 Å². The number of hydrogen-bond donors (Lipinski definition) is 0. The van der Waals surface area contributed by atoms with Crippen molar-refractivity contribution in [3.05, 3.63) is 58.9 Å². The number of hydrogen-bond acceptors (Lipinski definition) is 4. The summed E-state index contributed by atoms with van der Waals surface area (Å²) >= 11 is 0. The third-order valence-corrected chi connectivity index (χ3v) is 12.2. The normalized spacial score (nSPS) is 20.5. The predicted molar refractivity (Wildman–Crippen MR) is 140 cm³/mol. The highest BCUT2D eigenvalue weighted by atomic mass is 28.4. The molecule has 0 saturated heterocycles. The average molecular weight is 527 g/mol. The topological polar surface area (TPSA) is 56.6 Å². The molecule has 0 spiro atoms. The Hall–Kier alpha value is -3.22. The maximum atomic E-state index is 13.5. The molecule has 3 aromatic rings. The van der Waals surface area contributed by atoms with Crippen molar-refractivity contribution in [1.82, 2.24) is 14.5 Å². The first-order valence-corrected chi connectivity index (χ1v) is 15.1. The molecule has 0 aliphatic carbocycles. The van der Waals surface area contributed by atoms with Gasteiger partial charge in [0.15, 0.2) is 8.32 Å². The smallest absolute Gasteiger partial charge is 0.387 e. The van der Waals surface area contributed by atoms with E-state index >= 15 is 0 Å². The van der Waals surface area contributed by atoms with Gasteiger partial charge in [-0.1, -0.05) is 38.7 Å². The molecule has 0 N–H and O–H groups in total. The second-order valence-corrected chi connectivity index (χ2v) is 15.7. The van der Waals surface area contributed by atoms with Gasteiger partial charge in [-0.15, -0.1) is 0 Å². The number of carbonyl (C=O) groups is 1. The number of benzene rings is 2. The molecular weight excluding hydrogens is 492 g/mol. The van der Waals surface area contributed by atoms with Crippen LogP contribution in [0.4, 0.5) is 8.78 Å². The minimum absolute atomic E-state index is 0.0213. The zero-order valence-corrected chi connectivity index (χ0v) is 22.4. The lowest BCUT2D eigenvalue weighted by molar-refractivity contribution is -0.0507. The highest BCUT2D eigenvalue weighted by Gasteiger charge is 2.45. The van der Waals surface area contributed by atoms with Crippen LogP contribution in [0, 0.1) is 11.8 Å². The lowest BCUT2D eigenvalue weighted by Gasteiger charge is -2.35. The number of halogens is 2. The molecule has 1 amide bonds. The second-order valence-electron chi connectivity index (χ2n) is 10.9. The summed E-state index contributed by atoms with van der Waals surface area (Å²) in [6, 6.07) is 8.17. The summed E-state index contributed by atoms with van der Waals surface area (Å²) in [4.78, 5) is 19.1. The van der Waals surface area contributed by atoms with Crippen LogP contribution in [0.5, 0.6) is 5.75 Å².